The first-order valence-electron chi connectivity index (χ1n) is 6.69. The van der Waals surface area contributed by atoms with Crippen LogP contribution >= 0.6 is 0 Å². The molecule has 0 fully saturated rings. The second-order valence-electron chi connectivity index (χ2n) is 4.67. The average molecular weight is 288 g/mol. The molecule has 0 spiro atoms. The molecule has 7 heteroatoms. The number of aryl methyl sites for hydroxylation is 2. The first-order chi connectivity index (χ1) is 8.90. The summed E-state index contributed by atoms with van der Waals surface area (Å²) < 4.78 is 28.5. The molecule has 0 saturated carbocycles. The molecular weight excluding hydrogens is 264 g/mol. The highest BCUT2D eigenvalue weighted by Gasteiger charge is 2.18. The maximum Gasteiger partial charge on any atom is 0.259 e. The summed E-state index contributed by atoms with van der Waals surface area (Å²) in [5, 5.41) is 0.0866. The number of nitrogens with two attached hydrogens (primary N) is 1. The number of sulfonamides is 1. The van der Waals surface area contributed by atoms with E-state index in [0.29, 0.717) is 18.8 Å². The Hall–Kier alpha value is -0.920. The number of nitrogens with one attached hydrogen (secondary N) is 1. The lowest BCUT2D eigenvalue weighted by molar-refractivity contribution is 0.555. The van der Waals surface area contributed by atoms with Crippen LogP contribution in [-0.4, -0.2) is 30.6 Å². The molecule has 0 amide bonds. The van der Waals surface area contributed by atoms with E-state index in [0.717, 1.165) is 19.4 Å². The topological polar surface area (TPSA) is 90.0 Å². The molecule has 0 saturated heterocycles. The Balaban J connectivity index is 2.69. The lowest BCUT2D eigenvalue weighted by atomic mass is 10.2. The van der Waals surface area contributed by atoms with Crippen molar-refractivity contribution in [3.8, 4) is 0 Å². The third kappa shape index (κ3) is 4.59. The molecule has 3 N–H and O–H groups in total. The molecule has 1 heterocycles. The maximum absolute atomic E-state index is 12.0. The molecule has 6 nitrogen and oxygen atoms in total. The van der Waals surface area contributed by atoms with Gasteiger partial charge < -0.3 is 10.3 Å². The van der Waals surface area contributed by atoms with Crippen LogP contribution in [0.25, 0.3) is 0 Å². The minimum atomic E-state index is -3.52. The summed E-state index contributed by atoms with van der Waals surface area (Å²) in [6, 6.07) is 0.0297. The molecule has 19 heavy (non-hydrogen) atoms. The van der Waals surface area contributed by atoms with Crippen molar-refractivity contribution in [2.24, 2.45) is 5.73 Å². The number of hydrogen-bond acceptors (Lipinski definition) is 4. The summed E-state index contributed by atoms with van der Waals surface area (Å²) in [5.41, 5.74) is 5.75. The van der Waals surface area contributed by atoms with E-state index in [9.17, 15) is 8.42 Å². The highest BCUT2D eigenvalue weighted by atomic mass is 32.2. The molecule has 1 unspecified atom stereocenters. The van der Waals surface area contributed by atoms with Crippen molar-refractivity contribution in [3.63, 3.8) is 0 Å². The van der Waals surface area contributed by atoms with Crippen LogP contribution in [0.15, 0.2) is 11.2 Å². The van der Waals surface area contributed by atoms with Crippen molar-refractivity contribution in [1.29, 1.82) is 0 Å². The van der Waals surface area contributed by atoms with Gasteiger partial charge in [0.1, 0.15) is 5.82 Å². The van der Waals surface area contributed by atoms with Gasteiger partial charge in [-0.25, -0.2) is 18.1 Å². The van der Waals surface area contributed by atoms with Gasteiger partial charge >= 0.3 is 0 Å². The summed E-state index contributed by atoms with van der Waals surface area (Å²) in [6.45, 7) is 6.95. The van der Waals surface area contributed by atoms with E-state index in [1.54, 1.807) is 6.20 Å². The molecule has 0 radical (unpaired) electrons. The number of rotatable bonds is 8. The summed E-state index contributed by atoms with van der Waals surface area (Å²) >= 11 is 0. The molecule has 1 aromatic heterocycles. The maximum atomic E-state index is 12.0. The number of imidazole rings is 1. The number of hydrogen-bond donors (Lipinski definition) is 2. The Bertz CT molecular complexity index is 496. The van der Waals surface area contributed by atoms with Crippen molar-refractivity contribution in [2.75, 3.05) is 6.54 Å². The number of nitrogens with zero attached hydrogens (tertiary/aromatic N) is 2. The van der Waals surface area contributed by atoms with Crippen LogP contribution in [0, 0.1) is 6.92 Å². The van der Waals surface area contributed by atoms with Gasteiger partial charge in [-0.2, -0.15) is 0 Å². The van der Waals surface area contributed by atoms with Crippen LogP contribution in [0.2, 0.25) is 0 Å². The molecule has 0 bridgehead atoms. The van der Waals surface area contributed by atoms with Gasteiger partial charge in [-0.3, -0.25) is 0 Å². The van der Waals surface area contributed by atoms with Gasteiger partial charge in [0.2, 0.25) is 0 Å². The van der Waals surface area contributed by atoms with Crippen molar-refractivity contribution in [2.45, 2.75) is 57.6 Å². The van der Waals surface area contributed by atoms with Gasteiger partial charge in [0, 0.05) is 25.3 Å². The minimum Gasteiger partial charge on any atom is -0.334 e. The lowest BCUT2D eigenvalue weighted by Gasteiger charge is -2.08. The van der Waals surface area contributed by atoms with E-state index < -0.39 is 10.0 Å². The fraction of sp³-hybridized carbons (Fsp3) is 0.750. The van der Waals surface area contributed by atoms with Gasteiger partial charge in [0.25, 0.3) is 10.0 Å². The zero-order chi connectivity index (χ0) is 14.5. The molecule has 1 aromatic rings. The fourth-order valence-electron chi connectivity index (χ4n) is 1.73. The van der Waals surface area contributed by atoms with Gasteiger partial charge in [-0.05, 0) is 26.2 Å². The zero-order valence-corrected chi connectivity index (χ0v) is 12.7. The highest BCUT2D eigenvalue weighted by Crippen LogP contribution is 2.09. The first-order valence-corrected chi connectivity index (χ1v) is 8.18. The van der Waals surface area contributed by atoms with E-state index in [1.807, 2.05) is 25.3 Å². The first kappa shape index (κ1) is 16.1. The van der Waals surface area contributed by atoms with Gasteiger partial charge in [0.15, 0.2) is 5.03 Å². The van der Waals surface area contributed by atoms with Gasteiger partial charge in [0.05, 0.1) is 0 Å². The van der Waals surface area contributed by atoms with Crippen molar-refractivity contribution >= 4 is 10.0 Å². The predicted octanol–water partition coefficient (Wildman–Crippen LogP) is 1.01. The normalized spacial score (nSPS) is 13.7. The standard InChI is InChI=1S/C12H24N4O2S/c1-4-8-16-9-12(15-10(16)3)19(17,18)14-7-6-11(13)5-2/h9,11,14H,4-8,13H2,1-3H3. The summed E-state index contributed by atoms with van der Waals surface area (Å²) in [7, 11) is -3.52. The Morgan fingerprint density at radius 2 is 2.16 bits per heavy atom. The molecule has 110 valence electrons. The molecular formula is C12H24N4O2S. The van der Waals surface area contributed by atoms with Gasteiger partial charge in [-0.1, -0.05) is 13.8 Å². The van der Waals surface area contributed by atoms with Crippen molar-refractivity contribution in [1.82, 2.24) is 14.3 Å². The van der Waals surface area contributed by atoms with Gasteiger partial charge in [-0.15, -0.1) is 0 Å². The summed E-state index contributed by atoms with van der Waals surface area (Å²) in [6.07, 6.45) is 3.99. The van der Waals surface area contributed by atoms with E-state index in [4.69, 9.17) is 5.73 Å². The van der Waals surface area contributed by atoms with Crippen LogP contribution in [0.4, 0.5) is 0 Å². The van der Waals surface area contributed by atoms with Crippen LogP contribution in [-0.2, 0) is 16.6 Å². The summed E-state index contributed by atoms with van der Waals surface area (Å²) in [4.78, 5) is 4.10. The zero-order valence-electron chi connectivity index (χ0n) is 11.9. The van der Waals surface area contributed by atoms with Crippen molar-refractivity contribution < 1.29 is 8.42 Å². The molecule has 1 atom stereocenters. The third-order valence-corrected chi connectivity index (χ3v) is 4.36. The Morgan fingerprint density at radius 3 is 2.74 bits per heavy atom. The van der Waals surface area contributed by atoms with E-state index in [-0.39, 0.29) is 11.1 Å². The predicted molar refractivity (Wildman–Crippen MR) is 75.3 cm³/mol. The van der Waals surface area contributed by atoms with Crippen LogP contribution in [0.3, 0.4) is 0 Å². The smallest absolute Gasteiger partial charge is 0.259 e. The van der Waals surface area contributed by atoms with E-state index in [1.165, 1.54) is 0 Å². The fourth-order valence-corrected chi connectivity index (χ4v) is 2.79. The largest absolute Gasteiger partial charge is 0.334 e. The highest BCUT2D eigenvalue weighted by molar-refractivity contribution is 7.89. The Morgan fingerprint density at radius 1 is 1.47 bits per heavy atom. The van der Waals surface area contributed by atoms with E-state index in [2.05, 4.69) is 9.71 Å². The lowest BCUT2D eigenvalue weighted by Crippen LogP contribution is -2.30. The number of aromatic nitrogens is 2. The summed E-state index contributed by atoms with van der Waals surface area (Å²) in [5.74, 6) is 0.715. The van der Waals surface area contributed by atoms with Crippen LogP contribution in [0.1, 0.15) is 38.9 Å². The molecule has 0 aliphatic heterocycles. The van der Waals surface area contributed by atoms with Crippen molar-refractivity contribution in [3.05, 3.63) is 12.0 Å². The Labute approximate surface area is 115 Å². The molecule has 0 aliphatic carbocycles. The third-order valence-electron chi connectivity index (χ3n) is 3.03. The second kappa shape index (κ2) is 7.02. The Kier molecular flexibility index (Phi) is 5.96. The minimum absolute atomic E-state index is 0.0297. The quantitative estimate of drug-likeness (QED) is 0.747. The second-order valence-corrected chi connectivity index (χ2v) is 6.39. The average Bonchev–Trinajstić information content (AvgIpc) is 2.72. The molecule has 1 rings (SSSR count). The van der Waals surface area contributed by atoms with E-state index >= 15 is 0 Å². The van der Waals surface area contributed by atoms with Crippen LogP contribution in [0.5, 0.6) is 0 Å². The van der Waals surface area contributed by atoms with Crippen LogP contribution < -0.4 is 10.5 Å². The SMILES string of the molecule is CCCn1cc(S(=O)(=O)NCCC(N)CC)nc1C. The molecule has 0 aromatic carbocycles. The molecule has 0 aliphatic rings. The monoisotopic (exact) mass is 288 g/mol.